The van der Waals surface area contributed by atoms with Gasteiger partial charge in [-0.1, -0.05) is 23.7 Å². The summed E-state index contributed by atoms with van der Waals surface area (Å²) in [4.78, 5) is 24.4. The van der Waals surface area contributed by atoms with Crippen LogP contribution < -0.4 is 10.1 Å². The normalized spacial score (nSPS) is 12.6. The summed E-state index contributed by atoms with van der Waals surface area (Å²) >= 11 is 6.22. The van der Waals surface area contributed by atoms with Gasteiger partial charge in [0.25, 0.3) is 0 Å². The molecule has 0 saturated carbocycles. The van der Waals surface area contributed by atoms with Gasteiger partial charge in [0.2, 0.25) is 5.95 Å². The highest BCUT2D eigenvalue weighted by molar-refractivity contribution is 6.31. The fraction of sp³-hybridized carbons (Fsp3) is 0.0769. The van der Waals surface area contributed by atoms with Crippen molar-refractivity contribution < 1.29 is 32.2 Å². The van der Waals surface area contributed by atoms with Gasteiger partial charge in [0.05, 0.1) is 29.1 Å². The number of fused-ring (bicyclic) bond motifs is 3. The van der Waals surface area contributed by atoms with E-state index in [9.17, 15) is 18.0 Å². The highest BCUT2D eigenvalue weighted by atomic mass is 35.5. The van der Waals surface area contributed by atoms with Crippen LogP contribution in [0.5, 0.6) is 5.75 Å². The van der Waals surface area contributed by atoms with E-state index in [2.05, 4.69) is 25.0 Å². The molecule has 0 amide bonds. The Bertz CT molecular complexity index is 1590. The minimum Gasteiger partial charge on any atom is -0.478 e. The summed E-state index contributed by atoms with van der Waals surface area (Å²) in [6.07, 6.45) is -3.56. The molecule has 2 N–H and O–H groups in total. The zero-order chi connectivity index (χ0) is 27.0. The minimum absolute atomic E-state index is 0.0651. The number of hydrogen-bond acceptors (Lipinski definition) is 6. The second kappa shape index (κ2) is 9.75. The molecule has 38 heavy (non-hydrogen) atoms. The zero-order valence-electron chi connectivity index (χ0n) is 19.1. The Hall–Kier alpha value is -4.51. The third-order valence-electron chi connectivity index (χ3n) is 5.59. The van der Waals surface area contributed by atoms with Crippen LogP contribution in [0.25, 0.3) is 11.3 Å². The highest BCUT2D eigenvalue weighted by Gasteiger charge is 2.34. The Morgan fingerprint density at radius 3 is 2.53 bits per heavy atom. The largest absolute Gasteiger partial charge is 0.573 e. The number of anilines is 2. The number of hydrogen-bond donors (Lipinski definition) is 2. The monoisotopic (exact) mass is 542 g/mol. The molecule has 0 atom stereocenters. The first-order valence-corrected chi connectivity index (χ1v) is 11.3. The van der Waals surface area contributed by atoms with E-state index >= 15 is 4.39 Å². The molecule has 4 aromatic rings. The third kappa shape index (κ3) is 5.14. The quantitative estimate of drug-likeness (QED) is 0.275. The maximum atomic E-state index is 15.0. The van der Waals surface area contributed by atoms with Gasteiger partial charge in [-0.3, -0.25) is 4.99 Å². The molecule has 12 heteroatoms. The standard InChI is InChI=1S/C26H15ClF4N4O3/c27-15-6-9-17-18(10-15)23(21-19(28)2-1-3-20(21)38-26(29,30)31)32-11-14-12-33-25(35-22(14)17)34-16-7-4-13(5-8-16)24(36)37/h1-10,12H,11H2,(H,36,37)(H,33,34,35). The highest BCUT2D eigenvalue weighted by Crippen LogP contribution is 2.37. The maximum absolute atomic E-state index is 15.0. The Balaban J connectivity index is 1.60. The van der Waals surface area contributed by atoms with E-state index in [4.69, 9.17) is 16.7 Å². The number of nitrogens with zero attached hydrogens (tertiary/aromatic N) is 3. The van der Waals surface area contributed by atoms with Gasteiger partial charge in [0.15, 0.2) is 0 Å². The molecule has 1 aromatic heterocycles. The van der Waals surface area contributed by atoms with E-state index in [-0.39, 0.29) is 34.4 Å². The molecule has 0 fully saturated rings. The first kappa shape index (κ1) is 25.2. The van der Waals surface area contributed by atoms with Crippen LogP contribution in [-0.4, -0.2) is 33.1 Å². The number of aromatic carboxylic acids is 1. The van der Waals surface area contributed by atoms with Crippen molar-refractivity contribution >= 4 is 34.9 Å². The first-order chi connectivity index (χ1) is 18.1. The van der Waals surface area contributed by atoms with Gasteiger partial charge in [-0.25, -0.2) is 19.2 Å². The molecule has 0 spiro atoms. The zero-order valence-corrected chi connectivity index (χ0v) is 19.8. The topological polar surface area (TPSA) is 96.7 Å². The molecule has 3 aromatic carbocycles. The van der Waals surface area contributed by atoms with Crippen molar-refractivity contribution in [1.82, 2.24) is 9.97 Å². The third-order valence-corrected chi connectivity index (χ3v) is 5.82. The molecular weight excluding hydrogens is 528 g/mol. The number of carboxylic acids is 1. The summed E-state index contributed by atoms with van der Waals surface area (Å²) in [5, 5.41) is 12.3. The van der Waals surface area contributed by atoms with Crippen molar-refractivity contribution in [3.63, 3.8) is 0 Å². The summed E-state index contributed by atoms with van der Waals surface area (Å²) in [6.45, 7) is -0.0651. The van der Waals surface area contributed by atoms with E-state index < -0.39 is 29.5 Å². The number of halogens is 5. The lowest BCUT2D eigenvalue weighted by Crippen LogP contribution is -2.20. The average Bonchev–Trinajstić information content (AvgIpc) is 3.00. The summed E-state index contributed by atoms with van der Waals surface area (Å²) in [5.74, 6) is -2.60. The first-order valence-electron chi connectivity index (χ1n) is 10.9. The molecule has 1 aliphatic heterocycles. The molecule has 2 heterocycles. The van der Waals surface area contributed by atoms with E-state index in [0.717, 1.165) is 18.2 Å². The Morgan fingerprint density at radius 1 is 1.05 bits per heavy atom. The van der Waals surface area contributed by atoms with Crippen LogP contribution in [0, 0.1) is 5.82 Å². The SMILES string of the molecule is O=C(O)c1ccc(Nc2ncc3c(n2)-c2ccc(Cl)cc2C(c2c(F)cccc2OC(F)(F)F)=NC3)cc1. The fourth-order valence-electron chi connectivity index (χ4n) is 3.97. The van der Waals surface area contributed by atoms with Crippen molar-refractivity contribution in [2.45, 2.75) is 12.9 Å². The number of aromatic nitrogens is 2. The summed E-state index contributed by atoms with van der Waals surface area (Å²) in [7, 11) is 0. The van der Waals surface area contributed by atoms with Crippen molar-refractivity contribution in [3.05, 3.63) is 100.0 Å². The molecule has 0 saturated heterocycles. The minimum atomic E-state index is -5.05. The number of ether oxygens (including phenoxy) is 1. The lowest BCUT2D eigenvalue weighted by molar-refractivity contribution is -0.274. The number of carbonyl (C=O) groups is 1. The van der Waals surface area contributed by atoms with Crippen LogP contribution >= 0.6 is 11.6 Å². The average molecular weight is 543 g/mol. The van der Waals surface area contributed by atoms with Crippen LogP contribution in [0.2, 0.25) is 5.02 Å². The summed E-state index contributed by atoms with van der Waals surface area (Å²) in [5.41, 5.74) is 1.71. The summed E-state index contributed by atoms with van der Waals surface area (Å²) in [6, 6.07) is 13.7. The number of alkyl halides is 3. The van der Waals surface area contributed by atoms with Crippen molar-refractivity contribution in [1.29, 1.82) is 0 Å². The van der Waals surface area contributed by atoms with Crippen molar-refractivity contribution in [3.8, 4) is 17.0 Å². The fourth-order valence-corrected chi connectivity index (χ4v) is 4.14. The van der Waals surface area contributed by atoms with Gasteiger partial charge in [0, 0.05) is 33.6 Å². The smallest absolute Gasteiger partial charge is 0.478 e. The Morgan fingerprint density at radius 2 is 1.82 bits per heavy atom. The molecule has 0 radical (unpaired) electrons. The van der Waals surface area contributed by atoms with Gasteiger partial charge in [-0.2, -0.15) is 0 Å². The number of nitrogens with one attached hydrogen (secondary N) is 1. The van der Waals surface area contributed by atoms with Gasteiger partial charge in [0.1, 0.15) is 11.6 Å². The second-order valence-corrected chi connectivity index (χ2v) is 8.53. The van der Waals surface area contributed by atoms with E-state index in [1.807, 2.05) is 0 Å². The predicted octanol–water partition coefficient (Wildman–Crippen LogP) is 6.63. The van der Waals surface area contributed by atoms with Crippen LogP contribution in [0.3, 0.4) is 0 Å². The van der Waals surface area contributed by atoms with Gasteiger partial charge in [-0.05, 0) is 48.5 Å². The second-order valence-electron chi connectivity index (χ2n) is 8.09. The Labute approximate surface area is 217 Å². The van der Waals surface area contributed by atoms with Crippen LogP contribution in [0.4, 0.5) is 29.2 Å². The molecular formula is C26H15ClF4N4O3. The number of benzene rings is 3. The number of carboxylic acid groups (broad SMARTS) is 1. The van der Waals surface area contributed by atoms with Crippen molar-refractivity contribution in [2.24, 2.45) is 4.99 Å². The van der Waals surface area contributed by atoms with Gasteiger partial charge < -0.3 is 15.2 Å². The molecule has 0 bridgehead atoms. The van der Waals surface area contributed by atoms with E-state index in [0.29, 0.717) is 22.5 Å². The summed E-state index contributed by atoms with van der Waals surface area (Å²) < 4.78 is 58.4. The van der Waals surface area contributed by atoms with Crippen LogP contribution in [-0.2, 0) is 6.54 Å². The van der Waals surface area contributed by atoms with Crippen LogP contribution in [0.15, 0.2) is 71.9 Å². The number of rotatable bonds is 5. The van der Waals surface area contributed by atoms with Gasteiger partial charge in [-0.15, -0.1) is 13.2 Å². The Kier molecular flexibility index (Phi) is 6.45. The molecule has 0 aliphatic carbocycles. The maximum Gasteiger partial charge on any atom is 0.573 e. The molecule has 7 nitrogen and oxygen atoms in total. The predicted molar refractivity (Wildman–Crippen MR) is 132 cm³/mol. The lowest BCUT2D eigenvalue weighted by atomic mass is 9.94. The lowest BCUT2D eigenvalue weighted by Gasteiger charge is -2.17. The molecule has 1 aliphatic rings. The molecule has 0 unspecified atom stereocenters. The van der Waals surface area contributed by atoms with Gasteiger partial charge >= 0.3 is 12.3 Å². The van der Waals surface area contributed by atoms with E-state index in [1.165, 1.54) is 24.4 Å². The van der Waals surface area contributed by atoms with E-state index in [1.54, 1.807) is 24.3 Å². The molecule has 5 rings (SSSR count). The van der Waals surface area contributed by atoms with Crippen LogP contribution in [0.1, 0.15) is 27.0 Å². The molecule has 192 valence electrons. The van der Waals surface area contributed by atoms with Crippen molar-refractivity contribution in [2.75, 3.05) is 5.32 Å². The number of aliphatic imine (C=N–C) groups is 1.